The minimum atomic E-state index is -0.519. The first-order valence-electron chi connectivity index (χ1n) is 5.55. The van der Waals surface area contributed by atoms with E-state index >= 15 is 0 Å². The molecule has 0 aromatic heterocycles. The molecule has 0 spiro atoms. The molecule has 0 unspecified atom stereocenters. The number of ether oxygens (including phenoxy) is 2. The Labute approximate surface area is 109 Å². The van der Waals surface area contributed by atoms with Crippen molar-refractivity contribution in [3.05, 3.63) is 36.4 Å². The molecule has 0 fully saturated rings. The second-order valence-electron chi connectivity index (χ2n) is 3.65. The van der Waals surface area contributed by atoms with E-state index in [1.807, 2.05) is 0 Å². The summed E-state index contributed by atoms with van der Waals surface area (Å²) in [7, 11) is 0. The summed E-state index contributed by atoms with van der Waals surface area (Å²) in [6, 6.07) is 4.23. The summed E-state index contributed by atoms with van der Waals surface area (Å²) >= 11 is 0. The number of carbonyl (C=O) groups is 2. The number of fused-ring (bicyclic) bond motifs is 1. The van der Waals surface area contributed by atoms with Crippen LogP contribution in [0.4, 0.5) is 4.79 Å². The van der Waals surface area contributed by atoms with Crippen molar-refractivity contribution in [2.75, 3.05) is 13.3 Å². The lowest BCUT2D eigenvalue weighted by atomic mass is 10.2. The Hall–Kier alpha value is -2.70. The fourth-order valence-electron chi connectivity index (χ4n) is 1.43. The van der Waals surface area contributed by atoms with Crippen molar-refractivity contribution >= 4 is 11.9 Å². The van der Waals surface area contributed by atoms with E-state index in [2.05, 4.69) is 22.7 Å². The Morgan fingerprint density at radius 3 is 2.84 bits per heavy atom. The Bertz CT molecular complexity index is 516. The fourth-order valence-corrected chi connectivity index (χ4v) is 1.43. The number of urea groups is 1. The molecule has 1 heterocycles. The van der Waals surface area contributed by atoms with E-state index in [-0.39, 0.29) is 6.79 Å². The molecule has 0 radical (unpaired) electrons. The smallest absolute Gasteiger partial charge is 0.333 e. The normalized spacial score (nSPS) is 11.6. The van der Waals surface area contributed by atoms with Crippen LogP contribution >= 0.6 is 0 Å². The van der Waals surface area contributed by atoms with Crippen molar-refractivity contribution in [2.45, 2.75) is 0 Å². The van der Waals surface area contributed by atoms with Crippen LogP contribution in [0, 0.1) is 0 Å². The van der Waals surface area contributed by atoms with Gasteiger partial charge in [-0.1, -0.05) is 6.08 Å². The first-order valence-corrected chi connectivity index (χ1v) is 5.55. The lowest BCUT2D eigenvalue weighted by molar-refractivity contribution is 0.0936. The van der Waals surface area contributed by atoms with Gasteiger partial charge >= 0.3 is 6.03 Å². The largest absolute Gasteiger partial charge is 0.454 e. The summed E-state index contributed by atoms with van der Waals surface area (Å²) in [6.07, 6.45) is 1.53. The number of nitrogens with one attached hydrogen (secondary N) is 3. The molecule has 2 rings (SSSR count). The third-order valence-corrected chi connectivity index (χ3v) is 2.33. The Balaban J connectivity index is 1.89. The number of benzene rings is 1. The fraction of sp³-hybridized carbons (Fsp3) is 0.167. The van der Waals surface area contributed by atoms with Gasteiger partial charge in [0.25, 0.3) is 5.91 Å². The van der Waals surface area contributed by atoms with Gasteiger partial charge in [-0.3, -0.25) is 10.2 Å². The number of amides is 3. The van der Waals surface area contributed by atoms with E-state index in [4.69, 9.17) is 9.47 Å². The van der Waals surface area contributed by atoms with Crippen molar-refractivity contribution in [1.29, 1.82) is 0 Å². The summed E-state index contributed by atoms with van der Waals surface area (Å²) in [5.41, 5.74) is 4.84. The molecule has 1 aliphatic rings. The zero-order valence-corrected chi connectivity index (χ0v) is 10.1. The van der Waals surface area contributed by atoms with Gasteiger partial charge in [0.05, 0.1) is 0 Å². The molecule has 1 aromatic carbocycles. The van der Waals surface area contributed by atoms with Crippen LogP contribution in [-0.4, -0.2) is 25.3 Å². The van der Waals surface area contributed by atoms with E-state index < -0.39 is 11.9 Å². The highest BCUT2D eigenvalue weighted by Gasteiger charge is 2.16. The van der Waals surface area contributed by atoms with Gasteiger partial charge in [0.1, 0.15) is 0 Å². The molecule has 7 heteroatoms. The maximum absolute atomic E-state index is 11.8. The van der Waals surface area contributed by atoms with Crippen molar-refractivity contribution in [3.63, 3.8) is 0 Å². The van der Waals surface area contributed by atoms with Gasteiger partial charge in [-0.2, -0.15) is 0 Å². The average Bonchev–Trinajstić information content (AvgIpc) is 2.89. The number of hydrogen-bond donors (Lipinski definition) is 3. The molecule has 0 bridgehead atoms. The first-order chi connectivity index (χ1) is 9.20. The predicted octanol–water partition coefficient (Wildman–Crippen LogP) is 0.545. The van der Waals surface area contributed by atoms with Crippen LogP contribution in [0.2, 0.25) is 0 Å². The van der Waals surface area contributed by atoms with Gasteiger partial charge < -0.3 is 14.8 Å². The summed E-state index contributed by atoms with van der Waals surface area (Å²) in [5, 5.41) is 2.45. The van der Waals surface area contributed by atoms with Gasteiger partial charge in [0, 0.05) is 12.1 Å². The second-order valence-corrected chi connectivity index (χ2v) is 3.65. The molecule has 1 aliphatic heterocycles. The minimum absolute atomic E-state index is 0.141. The van der Waals surface area contributed by atoms with Crippen LogP contribution < -0.4 is 25.6 Å². The van der Waals surface area contributed by atoms with E-state index in [1.54, 1.807) is 18.2 Å². The van der Waals surface area contributed by atoms with E-state index in [0.29, 0.717) is 23.6 Å². The molecule has 100 valence electrons. The maximum atomic E-state index is 11.8. The van der Waals surface area contributed by atoms with Crippen molar-refractivity contribution in [2.24, 2.45) is 0 Å². The van der Waals surface area contributed by atoms with Crippen molar-refractivity contribution in [1.82, 2.24) is 16.2 Å². The van der Waals surface area contributed by atoms with E-state index in [0.717, 1.165) is 0 Å². The van der Waals surface area contributed by atoms with Gasteiger partial charge in [-0.15, -0.1) is 6.58 Å². The molecule has 19 heavy (non-hydrogen) atoms. The van der Waals surface area contributed by atoms with Crippen LogP contribution in [0.3, 0.4) is 0 Å². The minimum Gasteiger partial charge on any atom is -0.454 e. The predicted molar refractivity (Wildman–Crippen MR) is 66.8 cm³/mol. The lowest BCUT2D eigenvalue weighted by Crippen LogP contribution is -2.46. The van der Waals surface area contributed by atoms with E-state index in [1.165, 1.54) is 6.08 Å². The van der Waals surface area contributed by atoms with Crippen LogP contribution in [-0.2, 0) is 0 Å². The van der Waals surface area contributed by atoms with Crippen molar-refractivity contribution in [3.8, 4) is 11.5 Å². The number of hydrogen-bond acceptors (Lipinski definition) is 4. The number of carbonyl (C=O) groups excluding carboxylic acids is 2. The Kier molecular flexibility index (Phi) is 3.87. The highest BCUT2D eigenvalue weighted by atomic mass is 16.7. The van der Waals surface area contributed by atoms with Crippen LogP contribution in [0.1, 0.15) is 10.4 Å². The quantitative estimate of drug-likeness (QED) is 0.548. The molecule has 0 aliphatic carbocycles. The van der Waals surface area contributed by atoms with Crippen LogP contribution in [0.5, 0.6) is 11.5 Å². The highest BCUT2D eigenvalue weighted by Crippen LogP contribution is 2.32. The molecule has 1 aromatic rings. The molecular weight excluding hydrogens is 250 g/mol. The maximum Gasteiger partial charge on any atom is 0.333 e. The monoisotopic (exact) mass is 263 g/mol. The SMILES string of the molecule is C=CCNC(=O)NNC(=O)c1ccc2c(c1)OCO2. The van der Waals surface area contributed by atoms with Gasteiger partial charge in [-0.25, -0.2) is 10.2 Å². The van der Waals surface area contributed by atoms with Gasteiger partial charge in [0.2, 0.25) is 6.79 Å². The molecule has 7 nitrogen and oxygen atoms in total. The summed E-state index contributed by atoms with van der Waals surface area (Å²) in [4.78, 5) is 22.9. The third-order valence-electron chi connectivity index (χ3n) is 2.33. The second kappa shape index (κ2) is 5.76. The zero-order chi connectivity index (χ0) is 13.7. The van der Waals surface area contributed by atoms with Gasteiger partial charge in [-0.05, 0) is 18.2 Å². The molecule has 3 amide bonds. The van der Waals surface area contributed by atoms with E-state index in [9.17, 15) is 9.59 Å². The highest BCUT2D eigenvalue weighted by molar-refractivity contribution is 5.95. The standard InChI is InChI=1S/C12H13N3O4/c1-2-5-13-12(17)15-14-11(16)8-3-4-9-10(6-8)19-7-18-9/h2-4,6H,1,5,7H2,(H,14,16)(H2,13,15,17). The zero-order valence-electron chi connectivity index (χ0n) is 10.1. The molecule has 0 saturated heterocycles. The summed E-state index contributed by atoms with van der Waals surface area (Å²) < 4.78 is 10.3. The topological polar surface area (TPSA) is 88.7 Å². The number of hydrazine groups is 1. The molecular formula is C12H13N3O4. The number of rotatable bonds is 3. The first kappa shape index (κ1) is 12.7. The van der Waals surface area contributed by atoms with Crippen LogP contribution in [0.25, 0.3) is 0 Å². The lowest BCUT2D eigenvalue weighted by Gasteiger charge is -2.08. The van der Waals surface area contributed by atoms with Gasteiger partial charge in [0.15, 0.2) is 11.5 Å². The van der Waals surface area contributed by atoms with Crippen molar-refractivity contribution < 1.29 is 19.1 Å². The molecule has 0 atom stereocenters. The Morgan fingerprint density at radius 2 is 2.05 bits per heavy atom. The summed E-state index contributed by atoms with van der Waals surface area (Å²) in [6.45, 7) is 3.91. The Morgan fingerprint density at radius 1 is 1.26 bits per heavy atom. The van der Waals surface area contributed by atoms with Crippen LogP contribution in [0.15, 0.2) is 30.9 Å². The third kappa shape index (κ3) is 3.15. The average molecular weight is 263 g/mol. The molecule has 3 N–H and O–H groups in total. The summed E-state index contributed by atoms with van der Waals surface area (Å²) in [5.74, 6) is 0.643. The molecule has 0 saturated carbocycles.